The van der Waals surface area contributed by atoms with Crippen LogP contribution in [0.5, 0.6) is 5.75 Å². The number of nitrogens with one attached hydrogen (secondary N) is 1. The lowest BCUT2D eigenvalue weighted by Crippen LogP contribution is -2.47. The second kappa shape index (κ2) is 8.62. The number of anilines is 1. The minimum Gasteiger partial charge on any atom is -0.493 e. The molecule has 174 valence electrons. The van der Waals surface area contributed by atoms with Crippen LogP contribution < -0.4 is 10.1 Å². The van der Waals surface area contributed by atoms with E-state index in [0.717, 1.165) is 26.2 Å². The number of halogens is 5. The Balaban J connectivity index is 2.07. The molecule has 4 unspecified atom stereocenters. The van der Waals surface area contributed by atoms with Gasteiger partial charge in [-0.15, -0.1) is 0 Å². The van der Waals surface area contributed by atoms with Gasteiger partial charge in [-0.1, -0.05) is 13.0 Å². The first-order valence-electron chi connectivity index (χ1n) is 9.57. The predicted molar refractivity (Wildman–Crippen MR) is 103 cm³/mol. The van der Waals surface area contributed by atoms with Gasteiger partial charge in [0.25, 0.3) is 5.91 Å². The Morgan fingerprint density at radius 3 is 2.59 bits per heavy atom. The maximum Gasteiger partial charge on any atom is 0.417 e. The molecule has 4 atom stereocenters. The largest absolute Gasteiger partial charge is 0.493 e. The van der Waals surface area contributed by atoms with Crippen LogP contribution in [-0.2, 0) is 16.1 Å². The van der Waals surface area contributed by atoms with E-state index < -0.39 is 59.6 Å². The van der Waals surface area contributed by atoms with Gasteiger partial charge in [-0.2, -0.15) is 17.6 Å². The van der Waals surface area contributed by atoms with Crippen LogP contribution in [0, 0.1) is 17.6 Å². The third-order valence-corrected chi connectivity index (χ3v) is 5.82. The predicted octanol–water partition coefficient (Wildman–Crippen LogP) is 3.94. The molecule has 0 saturated carbocycles. The topological polar surface area (TPSA) is 80.7 Å². The van der Waals surface area contributed by atoms with Gasteiger partial charge in [0.15, 0.2) is 17.2 Å². The molecule has 3 rings (SSSR count). The summed E-state index contributed by atoms with van der Waals surface area (Å²) in [4.78, 5) is 16.9. The summed E-state index contributed by atoms with van der Waals surface area (Å²) in [6.45, 7) is 1.62. The van der Waals surface area contributed by atoms with Crippen LogP contribution in [0.2, 0.25) is 0 Å². The quantitative estimate of drug-likeness (QED) is 0.661. The van der Waals surface area contributed by atoms with Crippen LogP contribution in [0.15, 0.2) is 30.5 Å². The van der Waals surface area contributed by atoms with Crippen molar-refractivity contribution >= 4 is 11.6 Å². The van der Waals surface area contributed by atoms with Gasteiger partial charge in [-0.25, -0.2) is 4.39 Å². The van der Waals surface area contributed by atoms with Crippen molar-refractivity contribution in [3.63, 3.8) is 0 Å². The molecule has 0 aliphatic carbocycles. The zero-order valence-corrected chi connectivity index (χ0v) is 17.3. The molecule has 1 fully saturated rings. The van der Waals surface area contributed by atoms with Crippen LogP contribution in [0.1, 0.15) is 31.0 Å². The number of pyridine rings is 1. The molecule has 32 heavy (non-hydrogen) atoms. The maximum atomic E-state index is 14.3. The summed E-state index contributed by atoms with van der Waals surface area (Å²) < 4.78 is 80.0. The Morgan fingerprint density at radius 2 is 2.00 bits per heavy atom. The van der Waals surface area contributed by atoms with Gasteiger partial charge >= 0.3 is 6.18 Å². The van der Waals surface area contributed by atoms with Crippen molar-refractivity contribution in [3.8, 4) is 5.75 Å². The Kier molecular flexibility index (Phi) is 6.43. The molecule has 1 aromatic carbocycles. The number of carbonyl (C=O) groups excluding carboxylic acids is 1. The average molecular weight is 460 g/mol. The van der Waals surface area contributed by atoms with E-state index >= 15 is 0 Å². The van der Waals surface area contributed by atoms with Crippen LogP contribution in [0.25, 0.3) is 0 Å². The number of amides is 1. The smallest absolute Gasteiger partial charge is 0.417 e. The molecule has 6 nitrogen and oxygen atoms in total. The van der Waals surface area contributed by atoms with E-state index in [4.69, 9.17) is 9.47 Å². The summed E-state index contributed by atoms with van der Waals surface area (Å²) in [5.74, 6) is -6.82. The molecule has 1 aliphatic rings. The van der Waals surface area contributed by atoms with Gasteiger partial charge in [-0.05, 0) is 25.1 Å². The molecule has 2 aromatic rings. The summed E-state index contributed by atoms with van der Waals surface area (Å²) in [5.41, 5.74) is -2.48. The number of aliphatic hydroxyl groups is 1. The molecule has 2 heterocycles. The monoisotopic (exact) mass is 460 g/mol. The summed E-state index contributed by atoms with van der Waals surface area (Å²) in [6, 6.07) is 4.56. The average Bonchev–Trinajstić information content (AvgIpc) is 3.02. The van der Waals surface area contributed by atoms with E-state index in [-0.39, 0.29) is 16.9 Å². The minimum absolute atomic E-state index is 0.127. The number of benzene rings is 1. The summed E-state index contributed by atoms with van der Waals surface area (Å²) in [5, 5.41) is 11.6. The second-order valence-electron chi connectivity index (χ2n) is 7.62. The van der Waals surface area contributed by atoms with Crippen LogP contribution in [0.3, 0.4) is 0 Å². The molecule has 1 amide bonds. The van der Waals surface area contributed by atoms with Gasteiger partial charge in [0.1, 0.15) is 6.10 Å². The van der Waals surface area contributed by atoms with E-state index in [9.17, 15) is 31.9 Å². The fourth-order valence-electron chi connectivity index (χ4n) is 3.90. The molecule has 0 radical (unpaired) electrons. The molecule has 2 N–H and O–H groups in total. The van der Waals surface area contributed by atoms with Crippen LogP contribution in [0.4, 0.5) is 27.6 Å². The lowest BCUT2D eigenvalue weighted by molar-refractivity contribution is -0.272. The number of carbonyl (C=O) groups is 1. The fourth-order valence-corrected chi connectivity index (χ4v) is 3.90. The second-order valence-corrected chi connectivity index (χ2v) is 7.62. The normalized spacial score (nSPS) is 25.6. The number of nitrogens with zero attached hydrogens (tertiary/aromatic N) is 1. The fraction of sp³-hybridized carbons (Fsp3) is 0.429. The summed E-state index contributed by atoms with van der Waals surface area (Å²) >= 11 is 0. The number of aromatic nitrogens is 1. The number of aliphatic hydroxyl groups excluding tert-OH is 1. The van der Waals surface area contributed by atoms with Crippen molar-refractivity contribution < 1.29 is 41.3 Å². The Bertz CT molecular complexity index is 1020. The van der Waals surface area contributed by atoms with Crippen LogP contribution in [-0.4, -0.2) is 41.0 Å². The Hall–Kier alpha value is -2.79. The van der Waals surface area contributed by atoms with Crippen molar-refractivity contribution in [2.45, 2.75) is 44.3 Å². The van der Waals surface area contributed by atoms with Crippen molar-refractivity contribution in [1.82, 2.24) is 4.98 Å². The molecule has 11 heteroatoms. The zero-order valence-electron chi connectivity index (χ0n) is 17.3. The molecule has 1 aromatic heterocycles. The van der Waals surface area contributed by atoms with E-state index in [1.165, 1.54) is 25.3 Å². The summed E-state index contributed by atoms with van der Waals surface area (Å²) in [6.07, 6.45) is -5.26. The number of hydrogen-bond acceptors (Lipinski definition) is 5. The first-order valence-corrected chi connectivity index (χ1v) is 9.57. The van der Waals surface area contributed by atoms with E-state index in [1.807, 2.05) is 0 Å². The molecule has 1 saturated heterocycles. The van der Waals surface area contributed by atoms with Crippen molar-refractivity contribution in [2.24, 2.45) is 5.92 Å². The van der Waals surface area contributed by atoms with E-state index in [1.54, 1.807) is 0 Å². The number of hydrogen-bond donors (Lipinski definition) is 2. The first-order chi connectivity index (χ1) is 14.9. The number of ether oxygens (including phenoxy) is 2. The first kappa shape index (κ1) is 23.9. The highest BCUT2D eigenvalue weighted by Gasteiger charge is 2.65. The molecule has 0 bridgehead atoms. The minimum atomic E-state index is -4.85. The van der Waals surface area contributed by atoms with Gasteiger partial charge in [-0.3, -0.25) is 9.78 Å². The maximum absolute atomic E-state index is 14.3. The third kappa shape index (κ3) is 4.02. The van der Waals surface area contributed by atoms with E-state index in [0.29, 0.717) is 0 Å². The standard InChI is InChI=1S/C21H21F5N2O4/c1-10-15(13-4-5-14(22)16(23)17(13)31-3)18(32-20(10,2)21(24,25)26)19(30)28-11-6-7-27-12(8-11)9-29/h4-8,10,15,18,29H,9H2,1-3H3,(H,27,28,30). The van der Waals surface area contributed by atoms with Gasteiger partial charge in [0, 0.05) is 29.3 Å². The molecule has 1 aliphatic heterocycles. The zero-order chi connectivity index (χ0) is 23.8. The van der Waals surface area contributed by atoms with Crippen LogP contribution >= 0.6 is 0 Å². The Morgan fingerprint density at radius 1 is 1.31 bits per heavy atom. The summed E-state index contributed by atoms with van der Waals surface area (Å²) in [7, 11) is 1.05. The van der Waals surface area contributed by atoms with Gasteiger partial charge in [0.05, 0.1) is 19.4 Å². The van der Waals surface area contributed by atoms with Crippen molar-refractivity contribution in [3.05, 3.63) is 53.4 Å². The lowest BCUT2D eigenvalue weighted by Gasteiger charge is -2.32. The lowest BCUT2D eigenvalue weighted by atomic mass is 9.77. The molecular weight excluding hydrogens is 439 g/mol. The van der Waals surface area contributed by atoms with Gasteiger partial charge in [0.2, 0.25) is 5.82 Å². The highest BCUT2D eigenvalue weighted by atomic mass is 19.4. The number of rotatable bonds is 5. The Labute approximate surface area is 180 Å². The highest BCUT2D eigenvalue weighted by molar-refractivity contribution is 5.95. The van der Waals surface area contributed by atoms with Gasteiger partial charge < -0.3 is 19.9 Å². The number of alkyl halides is 3. The number of methoxy groups -OCH3 is 1. The van der Waals surface area contributed by atoms with E-state index in [2.05, 4.69) is 10.3 Å². The molecular formula is C21H21F5N2O4. The highest BCUT2D eigenvalue weighted by Crippen LogP contribution is 2.54. The van der Waals surface area contributed by atoms with Crippen molar-refractivity contribution in [2.75, 3.05) is 12.4 Å². The SMILES string of the molecule is COc1c(C2C(C(=O)Nc3ccnc(CO)c3)OC(C)(C(F)(F)F)C2C)ccc(F)c1F. The molecule has 0 spiro atoms. The third-order valence-electron chi connectivity index (χ3n) is 5.82. The van der Waals surface area contributed by atoms with Crippen molar-refractivity contribution in [1.29, 1.82) is 0 Å².